The number of carbonyl (C=O) groups is 1. The Morgan fingerprint density at radius 1 is 1.36 bits per heavy atom. The molecule has 1 aliphatic heterocycles. The number of amides is 1. The number of carbonyl (C=O) groups excluding carboxylic acids is 1. The summed E-state index contributed by atoms with van der Waals surface area (Å²) in [5.41, 5.74) is 0.948. The SMILES string of the molecule is O=C1NC(=S)SC1=Cc1cc(Br)ccc1OCc1c(F)cccc1Cl. The predicted molar refractivity (Wildman–Crippen MR) is 106 cm³/mol. The molecule has 0 aromatic heterocycles. The molecule has 2 aromatic rings. The highest BCUT2D eigenvalue weighted by molar-refractivity contribution is 9.10. The molecule has 0 spiro atoms. The second kappa shape index (κ2) is 7.86. The molecule has 8 heteroatoms. The molecule has 1 fully saturated rings. The fraction of sp³-hybridized carbons (Fsp3) is 0.0588. The molecule has 128 valence electrons. The molecule has 0 saturated carbocycles. The van der Waals surface area contributed by atoms with E-state index in [-0.39, 0.29) is 18.1 Å². The number of hydrogen-bond acceptors (Lipinski definition) is 4. The van der Waals surface area contributed by atoms with Crippen LogP contribution >= 0.6 is 51.5 Å². The molecule has 3 nitrogen and oxygen atoms in total. The van der Waals surface area contributed by atoms with Crippen LogP contribution in [-0.2, 0) is 11.4 Å². The van der Waals surface area contributed by atoms with Gasteiger partial charge in [-0.1, -0.05) is 57.6 Å². The topological polar surface area (TPSA) is 38.3 Å². The average molecular weight is 459 g/mol. The number of thioether (sulfide) groups is 1. The number of halogens is 3. The van der Waals surface area contributed by atoms with Gasteiger partial charge < -0.3 is 10.1 Å². The molecule has 2 aromatic carbocycles. The standard InChI is InChI=1S/C17H10BrClFNO2S2/c18-10-4-5-14(23-8-11-12(19)2-1-3-13(11)20)9(6-10)7-15-16(22)21-17(24)25-15/h1-7H,8H2,(H,21,22,24). The van der Waals surface area contributed by atoms with Crippen molar-refractivity contribution in [1.29, 1.82) is 0 Å². The largest absolute Gasteiger partial charge is 0.488 e. The third-order valence-corrected chi connectivity index (χ3v) is 5.34. The molecule has 1 amide bonds. The zero-order valence-electron chi connectivity index (χ0n) is 12.5. The first-order valence-electron chi connectivity index (χ1n) is 7.04. The van der Waals surface area contributed by atoms with Gasteiger partial charge in [-0.2, -0.15) is 0 Å². The zero-order chi connectivity index (χ0) is 18.0. The molecule has 3 rings (SSSR count). The van der Waals surface area contributed by atoms with Crippen molar-refractivity contribution in [3.63, 3.8) is 0 Å². The first-order chi connectivity index (χ1) is 11.9. The number of thiocarbonyl (C=S) groups is 1. The third-order valence-electron chi connectivity index (χ3n) is 3.33. The fourth-order valence-electron chi connectivity index (χ4n) is 2.15. The highest BCUT2D eigenvalue weighted by atomic mass is 79.9. The van der Waals surface area contributed by atoms with Crippen LogP contribution in [0.4, 0.5) is 4.39 Å². The Balaban J connectivity index is 1.88. The van der Waals surface area contributed by atoms with E-state index in [4.69, 9.17) is 28.6 Å². The highest BCUT2D eigenvalue weighted by Crippen LogP contribution is 2.32. The fourth-order valence-corrected chi connectivity index (χ4v) is 3.78. The highest BCUT2D eigenvalue weighted by Gasteiger charge is 2.22. The van der Waals surface area contributed by atoms with Gasteiger partial charge >= 0.3 is 0 Å². The van der Waals surface area contributed by atoms with E-state index >= 15 is 0 Å². The number of ether oxygens (including phenoxy) is 1. The van der Waals surface area contributed by atoms with Crippen LogP contribution in [0.15, 0.2) is 45.8 Å². The molecule has 0 unspecified atom stereocenters. The molecule has 1 saturated heterocycles. The van der Waals surface area contributed by atoms with Gasteiger partial charge in [0.05, 0.1) is 9.93 Å². The number of rotatable bonds is 4. The van der Waals surface area contributed by atoms with Crippen molar-refractivity contribution in [1.82, 2.24) is 5.32 Å². The van der Waals surface area contributed by atoms with Gasteiger partial charge in [-0.25, -0.2) is 4.39 Å². The maximum absolute atomic E-state index is 13.9. The Kier molecular flexibility index (Phi) is 5.78. The summed E-state index contributed by atoms with van der Waals surface area (Å²) in [6, 6.07) is 9.81. The van der Waals surface area contributed by atoms with Gasteiger partial charge in [0.25, 0.3) is 5.91 Å². The molecular formula is C17H10BrClFNO2S2. The lowest BCUT2D eigenvalue weighted by Crippen LogP contribution is -2.17. The molecule has 1 heterocycles. The van der Waals surface area contributed by atoms with Gasteiger partial charge in [0.1, 0.15) is 22.5 Å². The predicted octanol–water partition coefficient (Wildman–Crippen LogP) is 5.31. The second-order valence-corrected chi connectivity index (χ2v) is 8.07. The minimum absolute atomic E-state index is 0.0267. The van der Waals surface area contributed by atoms with E-state index in [1.54, 1.807) is 30.3 Å². The van der Waals surface area contributed by atoms with Gasteiger partial charge in [-0.15, -0.1) is 0 Å². The van der Waals surface area contributed by atoms with Gasteiger partial charge in [0.2, 0.25) is 0 Å². The van der Waals surface area contributed by atoms with Crippen LogP contribution in [0.3, 0.4) is 0 Å². The Morgan fingerprint density at radius 2 is 2.16 bits per heavy atom. The van der Waals surface area contributed by atoms with Crippen molar-refractivity contribution in [3.05, 3.63) is 67.7 Å². The summed E-state index contributed by atoms with van der Waals surface area (Å²) in [6.45, 7) is -0.0267. The van der Waals surface area contributed by atoms with Crippen molar-refractivity contribution in [2.24, 2.45) is 0 Å². The Labute approximate surface area is 166 Å². The Bertz CT molecular complexity index is 884. The zero-order valence-corrected chi connectivity index (χ0v) is 16.5. The maximum atomic E-state index is 13.9. The summed E-state index contributed by atoms with van der Waals surface area (Å²) in [5.74, 6) is -0.181. The van der Waals surface area contributed by atoms with E-state index in [1.807, 2.05) is 0 Å². The summed E-state index contributed by atoms with van der Waals surface area (Å²) in [4.78, 5) is 12.3. The van der Waals surface area contributed by atoms with Crippen molar-refractivity contribution >= 4 is 67.8 Å². The van der Waals surface area contributed by atoms with E-state index in [9.17, 15) is 9.18 Å². The number of hydrogen-bond donors (Lipinski definition) is 1. The van der Waals surface area contributed by atoms with Gasteiger partial charge in [-0.05, 0) is 36.4 Å². The van der Waals surface area contributed by atoms with Crippen LogP contribution in [0.25, 0.3) is 6.08 Å². The van der Waals surface area contributed by atoms with E-state index in [0.717, 1.165) is 4.47 Å². The van der Waals surface area contributed by atoms with Crippen LogP contribution in [0.1, 0.15) is 11.1 Å². The minimum Gasteiger partial charge on any atom is -0.488 e. The molecule has 0 aliphatic carbocycles. The van der Waals surface area contributed by atoms with Crippen LogP contribution in [0.5, 0.6) is 5.75 Å². The lowest BCUT2D eigenvalue weighted by Gasteiger charge is -2.12. The van der Waals surface area contributed by atoms with Crippen LogP contribution < -0.4 is 10.1 Å². The molecule has 25 heavy (non-hydrogen) atoms. The molecule has 1 aliphatic rings. The first kappa shape index (κ1) is 18.4. The van der Waals surface area contributed by atoms with Gasteiger partial charge in [0, 0.05) is 15.6 Å². The van der Waals surface area contributed by atoms with Crippen LogP contribution in [0, 0.1) is 5.82 Å². The van der Waals surface area contributed by atoms with Crippen LogP contribution in [0.2, 0.25) is 5.02 Å². The summed E-state index contributed by atoms with van der Waals surface area (Å²) < 4.78 is 20.9. The van der Waals surface area contributed by atoms with E-state index in [2.05, 4.69) is 21.2 Å². The number of benzene rings is 2. The summed E-state index contributed by atoms with van der Waals surface area (Å²) in [6.07, 6.45) is 1.68. The van der Waals surface area contributed by atoms with Crippen molar-refractivity contribution < 1.29 is 13.9 Å². The van der Waals surface area contributed by atoms with Gasteiger partial charge in [0.15, 0.2) is 0 Å². The molecule has 0 radical (unpaired) electrons. The third kappa shape index (κ3) is 4.41. The lowest BCUT2D eigenvalue weighted by molar-refractivity contribution is -0.115. The average Bonchev–Trinajstić information content (AvgIpc) is 2.86. The van der Waals surface area contributed by atoms with Crippen LogP contribution in [-0.4, -0.2) is 10.2 Å². The summed E-state index contributed by atoms with van der Waals surface area (Å²) in [5, 5.41) is 2.86. The van der Waals surface area contributed by atoms with E-state index in [1.165, 1.54) is 23.9 Å². The van der Waals surface area contributed by atoms with Crippen molar-refractivity contribution in [2.75, 3.05) is 0 Å². The second-order valence-electron chi connectivity index (χ2n) is 5.02. The first-order valence-corrected chi connectivity index (χ1v) is 9.43. The monoisotopic (exact) mass is 457 g/mol. The summed E-state index contributed by atoms with van der Waals surface area (Å²) >= 11 is 15.6. The van der Waals surface area contributed by atoms with Crippen molar-refractivity contribution in [2.45, 2.75) is 6.61 Å². The number of nitrogens with one attached hydrogen (secondary N) is 1. The molecular weight excluding hydrogens is 449 g/mol. The van der Waals surface area contributed by atoms with E-state index in [0.29, 0.717) is 25.6 Å². The van der Waals surface area contributed by atoms with E-state index < -0.39 is 5.82 Å². The van der Waals surface area contributed by atoms with Crippen molar-refractivity contribution in [3.8, 4) is 5.75 Å². The smallest absolute Gasteiger partial charge is 0.263 e. The minimum atomic E-state index is -0.430. The molecule has 0 bridgehead atoms. The molecule has 1 N–H and O–H groups in total. The van der Waals surface area contributed by atoms with Gasteiger partial charge in [-0.3, -0.25) is 4.79 Å². The Morgan fingerprint density at radius 3 is 2.84 bits per heavy atom. The lowest BCUT2D eigenvalue weighted by atomic mass is 10.1. The quantitative estimate of drug-likeness (QED) is 0.498. The normalized spacial score (nSPS) is 15.6. The summed E-state index contributed by atoms with van der Waals surface area (Å²) in [7, 11) is 0. The molecule has 0 atom stereocenters. The maximum Gasteiger partial charge on any atom is 0.263 e. The Hall–Kier alpha value is -1.41.